The number of aromatic nitrogens is 2. The molecule has 0 fully saturated rings. The Kier molecular flexibility index (Phi) is 6.65. The summed E-state index contributed by atoms with van der Waals surface area (Å²) in [6.45, 7) is 6.58. The van der Waals surface area contributed by atoms with Gasteiger partial charge < -0.3 is 15.8 Å². The van der Waals surface area contributed by atoms with Crippen molar-refractivity contribution in [2.75, 3.05) is 17.7 Å². The molecule has 11 heteroatoms. The number of carbonyl (C=O) groups is 1. The Morgan fingerprint density at radius 1 is 1.30 bits per heavy atom. The minimum atomic E-state index is -3.22. The highest BCUT2D eigenvalue weighted by Crippen LogP contribution is 2.59. The quantitative estimate of drug-likeness (QED) is 0.485. The van der Waals surface area contributed by atoms with Crippen molar-refractivity contribution in [1.29, 1.82) is 0 Å². The van der Waals surface area contributed by atoms with Crippen LogP contribution in [0, 0.1) is 17.7 Å². The molecule has 5 N–H and O–H groups in total. The number of hydrogen-bond donors (Lipinski definition) is 4. The first-order valence-electron chi connectivity index (χ1n) is 9.97. The van der Waals surface area contributed by atoms with Gasteiger partial charge in [0.1, 0.15) is 27.6 Å². The number of halogens is 1. The van der Waals surface area contributed by atoms with Crippen LogP contribution in [0.1, 0.15) is 43.7 Å². The molecule has 0 unspecified atom stereocenters. The van der Waals surface area contributed by atoms with E-state index in [1.807, 2.05) is 0 Å². The van der Waals surface area contributed by atoms with Crippen molar-refractivity contribution in [3.05, 3.63) is 47.7 Å². The Hall–Kier alpha value is -3.20. The Morgan fingerprint density at radius 2 is 2.03 bits per heavy atom. The van der Waals surface area contributed by atoms with Crippen LogP contribution in [-0.2, 0) is 5.54 Å². The summed E-state index contributed by atoms with van der Waals surface area (Å²) in [6, 6.07) is 3.95. The molecule has 1 amide bonds. The molecule has 3 rings (SSSR count). The van der Waals surface area contributed by atoms with Crippen LogP contribution in [0.5, 0.6) is 5.88 Å². The number of nitrogens with two attached hydrogens (primary N) is 1. The molecule has 2 aromatic rings. The molecule has 0 saturated heterocycles. The fourth-order valence-corrected chi connectivity index (χ4v) is 4.96. The summed E-state index contributed by atoms with van der Waals surface area (Å²) in [5.74, 6) is 4.26. The van der Waals surface area contributed by atoms with Crippen LogP contribution >= 0.6 is 10.6 Å². The van der Waals surface area contributed by atoms with Gasteiger partial charge >= 0.3 is 0 Å². The van der Waals surface area contributed by atoms with Crippen molar-refractivity contribution in [2.45, 2.75) is 38.0 Å². The standard InChI is InChI=1S/C22H26FN5O4S/c1-5-6-9-32-18-12-25-17(11-26-18)19(29)27-14-7-8-16(23)15(10-14)22(4)13-33(30,31)21(2,3)20(24)28-22/h7-8,10-12,30-31H,9,13H2,1-4H3,(H2,24,28)(H,27,29)/t22-/m0/s1. The first-order valence-corrected chi connectivity index (χ1v) is 11.7. The van der Waals surface area contributed by atoms with Gasteiger partial charge in [-0.2, -0.15) is 10.6 Å². The largest absolute Gasteiger partial charge is 0.463 e. The molecule has 33 heavy (non-hydrogen) atoms. The van der Waals surface area contributed by atoms with E-state index >= 15 is 0 Å². The molecule has 0 saturated carbocycles. The lowest BCUT2D eigenvalue weighted by atomic mass is 9.92. The molecule has 0 aliphatic carbocycles. The predicted molar refractivity (Wildman–Crippen MR) is 126 cm³/mol. The van der Waals surface area contributed by atoms with Gasteiger partial charge in [-0.05, 0) is 45.9 Å². The van der Waals surface area contributed by atoms with Gasteiger partial charge in [0.25, 0.3) is 5.91 Å². The molecule has 1 aliphatic rings. The van der Waals surface area contributed by atoms with E-state index in [1.165, 1.54) is 30.6 Å². The lowest BCUT2D eigenvalue weighted by Gasteiger charge is -2.53. The molecule has 9 nitrogen and oxygen atoms in total. The van der Waals surface area contributed by atoms with Crippen LogP contribution < -0.4 is 15.8 Å². The van der Waals surface area contributed by atoms with Crippen LogP contribution in [-0.4, -0.2) is 47.9 Å². The van der Waals surface area contributed by atoms with E-state index in [9.17, 15) is 18.3 Å². The van der Waals surface area contributed by atoms with E-state index in [4.69, 9.17) is 10.5 Å². The molecule has 176 valence electrons. The summed E-state index contributed by atoms with van der Waals surface area (Å²) in [4.78, 5) is 25.0. The van der Waals surface area contributed by atoms with Gasteiger partial charge in [0.05, 0.1) is 18.1 Å². The summed E-state index contributed by atoms with van der Waals surface area (Å²) >= 11 is 0. The van der Waals surface area contributed by atoms with Crippen molar-refractivity contribution in [3.8, 4) is 17.7 Å². The van der Waals surface area contributed by atoms with Crippen molar-refractivity contribution >= 4 is 28.0 Å². The third-order valence-corrected chi connectivity index (χ3v) is 8.23. The number of benzene rings is 1. The van der Waals surface area contributed by atoms with Crippen LogP contribution in [0.2, 0.25) is 0 Å². The first-order chi connectivity index (χ1) is 15.4. The predicted octanol–water partition coefficient (Wildman–Crippen LogP) is 3.39. The van der Waals surface area contributed by atoms with E-state index < -0.39 is 32.6 Å². The SMILES string of the molecule is CC#CCOc1cnc(C(=O)Nc2ccc(F)c([C@]3(C)CS(O)(O)C(C)(C)C(N)=N3)c2)cn1. The van der Waals surface area contributed by atoms with Gasteiger partial charge in [-0.3, -0.25) is 18.9 Å². The smallest absolute Gasteiger partial charge is 0.275 e. The highest BCUT2D eigenvalue weighted by Gasteiger charge is 2.49. The minimum absolute atomic E-state index is 0.0209. The normalized spacial score (nSPS) is 21.7. The lowest BCUT2D eigenvalue weighted by Crippen LogP contribution is -2.52. The zero-order valence-corrected chi connectivity index (χ0v) is 19.5. The second-order valence-corrected chi connectivity index (χ2v) is 10.8. The van der Waals surface area contributed by atoms with Gasteiger partial charge in [0.2, 0.25) is 5.88 Å². The van der Waals surface area contributed by atoms with Crippen LogP contribution in [0.25, 0.3) is 0 Å². The zero-order chi connectivity index (χ0) is 24.4. The van der Waals surface area contributed by atoms with E-state index in [2.05, 4.69) is 32.1 Å². The Labute approximate surface area is 193 Å². The summed E-state index contributed by atoms with van der Waals surface area (Å²) < 4.78 is 40.2. The van der Waals surface area contributed by atoms with Crippen LogP contribution in [0.3, 0.4) is 0 Å². The zero-order valence-electron chi connectivity index (χ0n) is 18.7. The molecule has 0 radical (unpaired) electrons. The minimum Gasteiger partial charge on any atom is -0.463 e. The number of aliphatic imine (C=N–C) groups is 1. The number of ether oxygens (including phenoxy) is 1. The van der Waals surface area contributed by atoms with Crippen molar-refractivity contribution < 1.29 is 23.0 Å². The van der Waals surface area contributed by atoms with Crippen molar-refractivity contribution in [2.24, 2.45) is 10.7 Å². The summed E-state index contributed by atoms with van der Waals surface area (Å²) in [5.41, 5.74) is 5.06. The van der Waals surface area contributed by atoms with Gasteiger partial charge in [-0.1, -0.05) is 5.92 Å². The lowest BCUT2D eigenvalue weighted by molar-refractivity contribution is 0.102. The summed E-state index contributed by atoms with van der Waals surface area (Å²) in [5, 5.41) is 2.63. The van der Waals surface area contributed by atoms with E-state index in [-0.39, 0.29) is 41.0 Å². The van der Waals surface area contributed by atoms with E-state index in [0.29, 0.717) is 0 Å². The Balaban J connectivity index is 1.84. The molecule has 1 aromatic heterocycles. The third kappa shape index (κ3) is 4.93. The topological polar surface area (TPSA) is 143 Å². The molecule has 1 atom stereocenters. The van der Waals surface area contributed by atoms with Crippen molar-refractivity contribution in [3.63, 3.8) is 0 Å². The number of anilines is 1. The second-order valence-electron chi connectivity index (χ2n) is 8.20. The van der Waals surface area contributed by atoms with Gasteiger partial charge in [0.15, 0.2) is 6.61 Å². The molecule has 0 spiro atoms. The number of amidine groups is 1. The molecular weight excluding hydrogens is 449 g/mol. The monoisotopic (exact) mass is 475 g/mol. The second kappa shape index (κ2) is 8.97. The average molecular weight is 476 g/mol. The highest BCUT2D eigenvalue weighted by molar-refractivity contribution is 8.26. The van der Waals surface area contributed by atoms with Gasteiger partial charge in [-0.25, -0.2) is 14.4 Å². The highest BCUT2D eigenvalue weighted by atomic mass is 32.3. The number of rotatable bonds is 5. The number of carbonyl (C=O) groups excluding carboxylic acids is 1. The molecule has 2 heterocycles. The summed E-state index contributed by atoms with van der Waals surface area (Å²) in [6.07, 6.45) is 2.55. The fraction of sp³-hybridized carbons (Fsp3) is 0.364. The van der Waals surface area contributed by atoms with E-state index in [1.54, 1.807) is 27.7 Å². The number of hydrogen-bond acceptors (Lipinski definition) is 8. The molecular formula is C22H26FN5O4S. The molecule has 0 bridgehead atoms. The number of nitrogens with one attached hydrogen (secondary N) is 1. The molecule has 1 aromatic carbocycles. The Bertz CT molecular complexity index is 1160. The number of amides is 1. The van der Waals surface area contributed by atoms with Crippen molar-refractivity contribution in [1.82, 2.24) is 9.97 Å². The third-order valence-electron chi connectivity index (χ3n) is 5.42. The maximum atomic E-state index is 14.8. The van der Waals surface area contributed by atoms with Crippen LogP contribution in [0.4, 0.5) is 10.1 Å². The van der Waals surface area contributed by atoms with E-state index in [0.717, 1.165) is 0 Å². The van der Waals surface area contributed by atoms with Gasteiger partial charge in [0, 0.05) is 11.3 Å². The average Bonchev–Trinajstić information content (AvgIpc) is 2.74. The Morgan fingerprint density at radius 3 is 2.64 bits per heavy atom. The number of nitrogens with zero attached hydrogens (tertiary/aromatic N) is 3. The maximum Gasteiger partial charge on any atom is 0.275 e. The van der Waals surface area contributed by atoms with Crippen LogP contribution in [0.15, 0.2) is 35.6 Å². The molecule has 1 aliphatic heterocycles. The maximum absolute atomic E-state index is 14.8. The fourth-order valence-electron chi connectivity index (χ4n) is 3.21. The summed E-state index contributed by atoms with van der Waals surface area (Å²) in [7, 11) is -3.22. The first kappa shape index (κ1) is 24.4. The van der Waals surface area contributed by atoms with Gasteiger partial charge in [-0.15, -0.1) is 5.92 Å².